The number of benzene rings is 2. The first kappa shape index (κ1) is 50.6. The summed E-state index contributed by atoms with van der Waals surface area (Å²) in [6, 6.07) is 9.67. The minimum absolute atomic E-state index is 0.0450. The highest BCUT2D eigenvalue weighted by Crippen LogP contribution is 2.52. The fourth-order valence-corrected chi connectivity index (χ4v) is 8.90. The molecule has 2 aromatic carbocycles. The van der Waals surface area contributed by atoms with Crippen molar-refractivity contribution in [1.82, 2.24) is 15.3 Å². The Hall–Kier alpha value is -5.42. The maximum Gasteiger partial charge on any atom is 0.534 e. The van der Waals surface area contributed by atoms with Crippen molar-refractivity contribution in [3.8, 4) is 5.75 Å². The van der Waals surface area contributed by atoms with Crippen molar-refractivity contribution < 1.29 is 88.6 Å². The lowest BCUT2D eigenvalue weighted by Crippen LogP contribution is -2.47. The Balaban J connectivity index is 1.29. The third-order valence-corrected chi connectivity index (χ3v) is 12.8. The Kier molecular flexibility index (Phi) is 17.3. The lowest BCUT2D eigenvalue weighted by molar-refractivity contribution is -0.177. The molecule has 354 valence electrons. The maximum absolute atomic E-state index is 14.6. The Bertz CT molecular complexity index is 2250. The predicted molar refractivity (Wildman–Crippen MR) is 221 cm³/mol. The van der Waals surface area contributed by atoms with Gasteiger partial charge in [0, 0.05) is 30.0 Å². The molecule has 0 bridgehead atoms. The number of phosphoric ester groups is 1. The van der Waals surface area contributed by atoms with E-state index in [-0.39, 0.29) is 56.5 Å². The molecule has 0 spiro atoms. The van der Waals surface area contributed by atoms with Crippen LogP contribution in [0.1, 0.15) is 46.1 Å². The zero-order valence-electron chi connectivity index (χ0n) is 35.5. The van der Waals surface area contributed by atoms with Crippen molar-refractivity contribution in [2.75, 3.05) is 45.3 Å². The van der Waals surface area contributed by atoms with Crippen LogP contribution in [-0.4, -0.2) is 130 Å². The van der Waals surface area contributed by atoms with Gasteiger partial charge in [0.05, 0.1) is 55.1 Å². The second-order valence-corrected chi connectivity index (χ2v) is 19.5. The first-order valence-corrected chi connectivity index (χ1v) is 23.4. The van der Waals surface area contributed by atoms with Gasteiger partial charge in [-0.05, 0) is 69.7 Å². The first-order chi connectivity index (χ1) is 30.6. The predicted octanol–water partition coefficient (Wildman–Crippen LogP) is 3.83. The van der Waals surface area contributed by atoms with Gasteiger partial charge in [0.25, 0.3) is 23.6 Å². The molecule has 3 aliphatic rings. The minimum atomic E-state index is -4.83. The molecule has 5 rings (SSSR count). The number of nitrogens with one attached hydrogen (secondary N) is 1. The number of nitrogens with zero attached hydrogens (tertiary/aromatic N) is 2. The monoisotopic (exact) mass is 971 g/mol. The summed E-state index contributed by atoms with van der Waals surface area (Å²) in [6.07, 6.45) is -4.21. The van der Waals surface area contributed by atoms with Gasteiger partial charge in [-0.2, -0.15) is 0 Å². The van der Waals surface area contributed by atoms with Gasteiger partial charge in [-0.3, -0.25) is 42.8 Å². The topological polar surface area (TPSA) is 272 Å². The van der Waals surface area contributed by atoms with Crippen LogP contribution in [0, 0.1) is 5.41 Å². The molecule has 0 radical (unpaired) electrons. The van der Waals surface area contributed by atoms with E-state index in [1.165, 1.54) is 55.5 Å². The van der Waals surface area contributed by atoms with Crippen molar-refractivity contribution in [3.63, 3.8) is 0 Å². The standard InChI is InChI=1S/C40H47ClN3O19PS/c1-25(24-65(53,54)29-11-7-27(41)8-12-29)60-38(50)42-30-22-56-31(23-57-37(49)40(2,3)4)36(30)63-64(52,59-20-19-55-18-17-43-32(45)13-14-33(43)46)62-28-9-5-26(6-10-28)21-58-39(51)61-44-34(47)15-16-35(44)48/h5-14,25,30-31,36H,15-24H2,1-4H3,(H,42,50)/t25?,30?,31-,36-,64?/m1/s1. The summed E-state index contributed by atoms with van der Waals surface area (Å²) < 4.78 is 85.2. The molecule has 2 saturated heterocycles. The number of carbonyl (C=O) groups is 7. The van der Waals surface area contributed by atoms with E-state index in [4.69, 9.17) is 48.9 Å². The van der Waals surface area contributed by atoms with Gasteiger partial charge in [0.1, 0.15) is 37.3 Å². The van der Waals surface area contributed by atoms with E-state index in [0.717, 1.165) is 17.1 Å². The third-order valence-electron chi connectivity index (χ3n) is 9.24. The Morgan fingerprint density at radius 2 is 1.57 bits per heavy atom. The van der Waals surface area contributed by atoms with Crippen molar-refractivity contribution in [2.45, 2.75) is 76.4 Å². The van der Waals surface area contributed by atoms with Crippen molar-refractivity contribution in [2.24, 2.45) is 5.41 Å². The molecule has 5 amide bonds. The number of imide groups is 2. The van der Waals surface area contributed by atoms with E-state index >= 15 is 0 Å². The van der Waals surface area contributed by atoms with E-state index in [1.54, 1.807) is 20.8 Å². The van der Waals surface area contributed by atoms with Gasteiger partial charge in [0.2, 0.25) is 0 Å². The number of rotatable bonds is 21. The highest BCUT2D eigenvalue weighted by Gasteiger charge is 2.47. The van der Waals surface area contributed by atoms with Crippen LogP contribution < -0.4 is 9.84 Å². The van der Waals surface area contributed by atoms with E-state index < -0.39 is 108 Å². The smallest absolute Gasteiger partial charge is 0.462 e. The zero-order valence-corrected chi connectivity index (χ0v) is 38.0. The molecule has 25 heteroatoms. The van der Waals surface area contributed by atoms with Crippen molar-refractivity contribution in [3.05, 3.63) is 71.3 Å². The lowest BCUT2D eigenvalue weighted by Gasteiger charge is -2.28. The molecular formula is C40H47ClN3O19PS. The summed E-state index contributed by atoms with van der Waals surface area (Å²) in [5.41, 5.74) is -0.582. The van der Waals surface area contributed by atoms with E-state index in [9.17, 15) is 46.5 Å². The van der Waals surface area contributed by atoms with Crippen molar-refractivity contribution >= 4 is 71.1 Å². The summed E-state index contributed by atoms with van der Waals surface area (Å²) in [7, 11) is -8.75. The summed E-state index contributed by atoms with van der Waals surface area (Å²) in [6.45, 7) is 4.17. The number of esters is 1. The second-order valence-electron chi connectivity index (χ2n) is 15.5. The number of ether oxygens (including phenoxy) is 5. The van der Waals surface area contributed by atoms with Gasteiger partial charge in [0.15, 0.2) is 9.84 Å². The Morgan fingerprint density at radius 3 is 2.20 bits per heavy atom. The zero-order chi connectivity index (χ0) is 47.5. The van der Waals surface area contributed by atoms with E-state index in [2.05, 4.69) is 10.2 Å². The molecule has 0 aliphatic carbocycles. The summed E-state index contributed by atoms with van der Waals surface area (Å²) in [5.74, 6) is -3.74. The Labute approximate surface area is 378 Å². The number of hydroxylamine groups is 2. The van der Waals surface area contributed by atoms with E-state index in [0.29, 0.717) is 15.6 Å². The van der Waals surface area contributed by atoms with Crippen LogP contribution in [0.15, 0.2) is 65.6 Å². The molecule has 1 N–H and O–H groups in total. The fourth-order valence-electron chi connectivity index (χ4n) is 5.93. The van der Waals surface area contributed by atoms with Gasteiger partial charge < -0.3 is 33.5 Å². The molecule has 0 saturated carbocycles. The third kappa shape index (κ3) is 14.8. The van der Waals surface area contributed by atoms with Crippen LogP contribution >= 0.6 is 19.4 Å². The van der Waals surface area contributed by atoms with E-state index in [1.807, 2.05) is 0 Å². The average Bonchev–Trinajstić information content (AvgIpc) is 3.87. The fraction of sp³-hybridized carbons (Fsp3) is 0.475. The van der Waals surface area contributed by atoms with Gasteiger partial charge in [-0.1, -0.05) is 28.8 Å². The molecule has 65 heavy (non-hydrogen) atoms. The molecule has 2 aromatic rings. The molecular weight excluding hydrogens is 925 g/mol. The number of alkyl carbamates (subject to hydrolysis) is 1. The lowest BCUT2D eigenvalue weighted by atomic mass is 9.97. The normalized spacial score (nSPS) is 20.1. The molecule has 3 unspecified atom stereocenters. The van der Waals surface area contributed by atoms with Crippen molar-refractivity contribution in [1.29, 1.82) is 0 Å². The highest BCUT2D eigenvalue weighted by molar-refractivity contribution is 7.91. The molecule has 5 atom stereocenters. The molecule has 0 aromatic heterocycles. The summed E-state index contributed by atoms with van der Waals surface area (Å²) >= 11 is 5.89. The maximum atomic E-state index is 14.6. The van der Waals surface area contributed by atoms with Crippen LogP contribution in [0.5, 0.6) is 5.75 Å². The Morgan fingerprint density at radius 1 is 0.923 bits per heavy atom. The van der Waals surface area contributed by atoms with Gasteiger partial charge >= 0.3 is 26.0 Å². The number of halogens is 1. The van der Waals surface area contributed by atoms with Crippen LogP contribution in [0.3, 0.4) is 0 Å². The molecule has 3 aliphatic heterocycles. The summed E-state index contributed by atoms with van der Waals surface area (Å²) in [5, 5.41) is 3.17. The SMILES string of the molecule is CC(CS(=O)(=O)c1ccc(Cl)cc1)OC(=O)NC1CO[C@H](COC(=O)C(C)(C)C)[C@@H]1OP(=O)(OCCOCCN1C(=O)C=CC1=O)Oc1ccc(COC(=O)ON2C(=O)CCC2=O)cc1. The van der Waals surface area contributed by atoms with Crippen LogP contribution in [0.4, 0.5) is 9.59 Å². The number of hydrogen-bond acceptors (Lipinski definition) is 19. The van der Waals surface area contributed by atoms with Gasteiger partial charge in [-0.25, -0.2) is 22.6 Å². The summed E-state index contributed by atoms with van der Waals surface area (Å²) in [4.78, 5) is 91.0. The van der Waals surface area contributed by atoms with Gasteiger partial charge in [-0.15, -0.1) is 0 Å². The average molecular weight is 972 g/mol. The molecule has 2 fully saturated rings. The van der Waals surface area contributed by atoms with Crippen LogP contribution in [0.2, 0.25) is 5.02 Å². The largest absolute Gasteiger partial charge is 0.534 e. The quantitative estimate of drug-likeness (QED) is 0.0612. The molecule has 22 nitrogen and oxygen atoms in total. The van der Waals surface area contributed by atoms with Crippen LogP contribution in [0.25, 0.3) is 0 Å². The number of amides is 5. The molecule has 3 heterocycles. The number of hydrogen-bond donors (Lipinski definition) is 1. The highest BCUT2D eigenvalue weighted by atomic mass is 35.5. The number of sulfone groups is 1. The van der Waals surface area contributed by atoms with Crippen LogP contribution in [-0.2, 0) is 82.6 Å². The number of carbonyl (C=O) groups excluding carboxylic acids is 7. The second kappa shape index (κ2) is 22.2. The minimum Gasteiger partial charge on any atom is -0.462 e. The first-order valence-electron chi connectivity index (χ1n) is 19.9. The number of phosphoric acid groups is 1.